The van der Waals surface area contributed by atoms with Gasteiger partial charge >= 0.3 is 0 Å². The van der Waals surface area contributed by atoms with Crippen LogP contribution >= 0.6 is 0 Å². The van der Waals surface area contributed by atoms with Gasteiger partial charge in [-0.2, -0.15) is 10.2 Å². The lowest BCUT2D eigenvalue weighted by Gasteiger charge is -2.27. The van der Waals surface area contributed by atoms with Crippen LogP contribution in [-0.2, 0) is 31.0 Å². The molecule has 3 rings (SSSR count). The maximum absolute atomic E-state index is 11.8. The van der Waals surface area contributed by atoms with Crippen LogP contribution < -0.4 is 0 Å². The first kappa shape index (κ1) is 19.6. The molecular weight excluding hydrogens is 344 g/mol. The molecule has 148 valence electrons. The van der Waals surface area contributed by atoms with Gasteiger partial charge in [0, 0.05) is 51.5 Å². The number of aliphatic hydroxyl groups is 1. The maximum atomic E-state index is 11.8. The SMILES string of the molecule is CCn1nc(C)c(CN2CCn3nc([C@@H](O)CC(=O)N(C)C)cc3C2)c1C. The van der Waals surface area contributed by atoms with Crippen LogP contribution in [0.4, 0.5) is 0 Å². The van der Waals surface area contributed by atoms with E-state index in [0.717, 1.165) is 44.1 Å². The molecule has 1 aliphatic heterocycles. The van der Waals surface area contributed by atoms with E-state index in [4.69, 9.17) is 0 Å². The quantitative estimate of drug-likeness (QED) is 0.823. The van der Waals surface area contributed by atoms with Crippen molar-refractivity contribution in [2.75, 3.05) is 20.6 Å². The second-order valence-electron chi connectivity index (χ2n) is 7.47. The molecule has 0 aromatic carbocycles. The highest BCUT2D eigenvalue weighted by Crippen LogP contribution is 2.23. The summed E-state index contributed by atoms with van der Waals surface area (Å²) in [5, 5.41) is 19.5. The van der Waals surface area contributed by atoms with Crippen molar-refractivity contribution >= 4 is 5.91 Å². The Morgan fingerprint density at radius 3 is 2.67 bits per heavy atom. The molecule has 0 unspecified atom stereocenters. The monoisotopic (exact) mass is 374 g/mol. The van der Waals surface area contributed by atoms with Crippen molar-refractivity contribution in [2.45, 2.75) is 59.5 Å². The fraction of sp³-hybridized carbons (Fsp3) is 0.632. The number of aromatic nitrogens is 4. The lowest BCUT2D eigenvalue weighted by atomic mass is 10.1. The van der Waals surface area contributed by atoms with E-state index in [1.165, 1.54) is 16.2 Å². The van der Waals surface area contributed by atoms with Crippen molar-refractivity contribution in [1.82, 2.24) is 29.4 Å². The van der Waals surface area contributed by atoms with Gasteiger partial charge in [-0.25, -0.2) is 0 Å². The van der Waals surface area contributed by atoms with E-state index in [-0.39, 0.29) is 12.3 Å². The smallest absolute Gasteiger partial charge is 0.225 e. The summed E-state index contributed by atoms with van der Waals surface area (Å²) >= 11 is 0. The van der Waals surface area contributed by atoms with Crippen LogP contribution in [-0.4, -0.2) is 61.0 Å². The number of aliphatic hydroxyl groups excluding tert-OH is 1. The first-order valence-corrected chi connectivity index (χ1v) is 9.50. The zero-order chi connectivity index (χ0) is 19.7. The fourth-order valence-electron chi connectivity index (χ4n) is 3.59. The van der Waals surface area contributed by atoms with Crippen molar-refractivity contribution in [3.8, 4) is 0 Å². The van der Waals surface area contributed by atoms with Crippen LogP contribution in [0.2, 0.25) is 0 Å². The van der Waals surface area contributed by atoms with E-state index in [1.807, 2.05) is 10.7 Å². The van der Waals surface area contributed by atoms with Crippen molar-refractivity contribution in [3.05, 3.63) is 34.4 Å². The molecule has 8 nitrogen and oxygen atoms in total. The van der Waals surface area contributed by atoms with E-state index in [1.54, 1.807) is 14.1 Å². The molecule has 1 atom stereocenters. The number of amides is 1. The van der Waals surface area contributed by atoms with Gasteiger partial charge in [0.2, 0.25) is 5.91 Å². The second kappa shape index (κ2) is 7.82. The number of fused-ring (bicyclic) bond motifs is 1. The van der Waals surface area contributed by atoms with Gasteiger partial charge < -0.3 is 10.0 Å². The molecule has 1 amide bonds. The first-order chi connectivity index (χ1) is 12.8. The molecule has 0 bridgehead atoms. The molecule has 2 aromatic rings. The third-order valence-corrected chi connectivity index (χ3v) is 5.32. The number of rotatable bonds is 6. The Balaban J connectivity index is 1.69. The van der Waals surface area contributed by atoms with Gasteiger partial charge in [0.25, 0.3) is 0 Å². The van der Waals surface area contributed by atoms with E-state index in [2.05, 4.69) is 40.6 Å². The summed E-state index contributed by atoms with van der Waals surface area (Å²) in [6.45, 7) is 10.5. The Morgan fingerprint density at radius 1 is 1.30 bits per heavy atom. The summed E-state index contributed by atoms with van der Waals surface area (Å²) in [5.74, 6) is -0.103. The lowest BCUT2D eigenvalue weighted by Crippen LogP contribution is -2.33. The van der Waals surface area contributed by atoms with Gasteiger partial charge in [0.05, 0.1) is 30.0 Å². The predicted molar refractivity (Wildman–Crippen MR) is 102 cm³/mol. The number of carbonyl (C=O) groups excluding carboxylic acids is 1. The minimum atomic E-state index is -0.862. The lowest BCUT2D eigenvalue weighted by molar-refractivity contribution is -0.130. The highest BCUT2D eigenvalue weighted by Gasteiger charge is 2.24. The molecule has 3 heterocycles. The van der Waals surface area contributed by atoms with Crippen LogP contribution in [0, 0.1) is 13.8 Å². The maximum Gasteiger partial charge on any atom is 0.225 e. The Labute approximate surface area is 160 Å². The van der Waals surface area contributed by atoms with Crippen LogP contribution in [0.25, 0.3) is 0 Å². The molecule has 1 N–H and O–H groups in total. The number of nitrogens with zero attached hydrogens (tertiary/aromatic N) is 6. The Kier molecular flexibility index (Phi) is 5.67. The molecule has 2 aromatic heterocycles. The van der Waals surface area contributed by atoms with E-state index in [0.29, 0.717) is 5.69 Å². The number of carbonyl (C=O) groups is 1. The summed E-state index contributed by atoms with van der Waals surface area (Å²) in [6.07, 6.45) is -0.805. The molecule has 0 saturated heterocycles. The standard InChI is InChI=1S/C19H30N6O2/c1-6-24-14(3)16(13(2)20-24)12-23-7-8-25-15(11-23)9-17(21-25)18(26)10-19(27)22(4)5/h9,18,26H,6-8,10-12H2,1-5H3/t18-/m0/s1. The van der Waals surface area contributed by atoms with Crippen molar-refractivity contribution in [3.63, 3.8) is 0 Å². The number of aryl methyl sites for hydroxylation is 2. The van der Waals surface area contributed by atoms with E-state index in [9.17, 15) is 9.90 Å². The van der Waals surface area contributed by atoms with Gasteiger partial charge in [-0.05, 0) is 26.8 Å². The third kappa shape index (κ3) is 4.06. The summed E-state index contributed by atoms with van der Waals surface area (Å²) in [7, 11) is 3.38. The molecule has 27 heavy (non-hydrogen) atoms. The predicted octanol–water partition coefficient (Wildman–Crippen LogP) is 1.24. The summed E-state index contributed by atoms with van der Waals surface area (Å²) < 4.78 is 4.00. The average Bonchev–Trinajstić information content (AvgIpc) is 3.17. The van der Waals surface area contributed by atoms with Crippen LogP contribution in [0.3, 0.4) is 0 Å². The molecule has 0 saturated carbocycles. The topological polar surface area (TPSA) is 79.4 Å². The van der Waals surface area contributed by atoms with Crippen molar-refractivity contribution < 1.29 is 9.90 Å². The number of hydrogen-bond donors (Lipinski definition) is 1. The normalized spacial score (nSPS) is 15.6. The van der Waals surface area contributed by atoms with Crippen LogP contribution in [0.5, 0.6) is 0 Å². The Morgan fingerprint density at radius 2 is 2.04 bits per heavy atom. The van der Waals surface area contributed by atoms with Crippen molar-refractivity contribution in [1.29, 1.82) is 0 Å². The fourth-order valence-corrected chi connectivity index (χ4v) is 3.59. The summed E-state index contributed by atoms with van der Waals surface area (Å²) in [5.41, 5.74) is 5.26. The zero-order valence-electron chi connectivity index (χ0n) is 16.9. The molecule has 8 heteroatoms. The van der Waals surface area contributed by atoms with Gasteiger partial charge in [0.1, 0.15) is 6.10 Å². The zero-order valence-corrected chi connectivity index (χ0v) is 16.9. The van der Waals surface area contributed by atoms with E-state index < -0.39 is 6.10 Å². The number of hydrogen-bond acceptors (Lipinski definition) is 5. The minimum absolute atomic E-state index is 0.0573. The van der Waals surface area contributed by atoms with Crippen LogP contribution in [0.15, 0.2) is 6.07 Å². The second-order valence-corrected chi connectivity index (χ2v) is 7.47. The molecule has 0 aliphatic carbocycles. The van der Waals surface area contributed by atoms with E-state index >= 15 is 0 Å². The summed E-state index contributed by atoms with van der Waals surface area (Å²) in [4.78, 5) is 15.7. The highest BCUT2D eigenvalue weighted by atomic mass is 16.3. The van der Waals surface area contributed by atoms with Crippen molar-refractivity contribution in [2.24, 2.45) is 0 Å². The molecule has 0 fully saturated rings. The molecule has 1 aliphatic rings. The van der Waals surface area contributed by atoms with Gasteiger partial charge in [-0.3, -0.25) is 19.1 Å². The van der Waals surface area contributed by atoms with Gasteiger partial charge in [0.15, 0.2) is 0 Å². The van der Waals surface area contributed by atoms with Gasteiger partial charge in [-0.15, -0.1) is 0 Å². The Bertz CT molecular complexity index is 823. The molecule has 0 radical (unpaired) electrons. The minimum Gasteiger partial charge on any atom is -0.386 e. The largest absolute Gasteiger partial charge is 0.386 e. The third-order valence-electron chi connectivity index (χ3n) is 5.32. The van der Waals surface area contributed by atoms with Crippen LogP contribution in [0.1, 0.15) is 47.8 Å². The highest BCUT2D eigenvalue weighted by molar-refractivity contribution is 5.76. The molecule has 0 spiro atoms. The first-order valence-electron chi connectivity index (χ1n) is 9.50. The molecular formula is C19H30N6O2. The Hall–Kier alpha value is -2.19. The summed E-state index contributed by atoms with van der Waals surface area (Å²) in [6, 6.07) is 1.93. The average molecular weight is 374 g/mol. The van der Waals surface area contributed by atoms with Gasteiger partial charge in [-0.1, -0.05) is 0 Å².